The smallest absolute Gasteiger partial charge is 0.451 e. The van der Waals surface area contributed by atoms with Crippen molar-refractivity contribution in [2.24, 2.45) is 0 Å². The Balaban J connectivity index is 1.60. The van der Waals surface area contributed by atoms with Crippen LogP contribution >= 0.6 is 11.3 Å². The quantitative estimate of drug-likeness (QED) is 0.500. The third-order valence-corrected chi connectivity index (χ3v) is 5.84. The van der Waals surface area contributed by atoms with Crippen molar-refractivity contribution in [3.63, 3.8) is 0 Å². The largest absolute Gasteiger partial charge is 0.463 e. The van der Waals surface area contributed by atoms with E-state index in [1.54, 1.807) is 14.2 Å². The van der Waals surface area contributed by atoms with Gasteiger partial charge < -0.3 is 23.7 Å². The van der Waals surface area contributed by atoms with Crippen LogP contribution in [0.15, 0.2) is 6.07 Å². The molecule has 4 rings (SSSR count). The van der Waals surface area contributed by atoms with E-state index in [9.17, 15) is 13.2 Å². The number of hydrogen-bond donors (Lipinski definition) is 0. The molecule has 1 aliphatic heterocycles. The molecule has 31 heavy (non-hydrogen) atoms. The van der Waals surface area contributed by atoms with Crippen molar-refractivity contribution in [1.29, 1.82) is 0 Å². The highest BCUT2D eigenvalue weighted by Crippen LogP contribution is 2.35. The zero-order chi connectivity index (χ0) is 22.2. The lowest BCUT2D eigenvalue weighted by Crippen LogP contribution is -2.36. The van der Waals surface area contributed by atoms with Crippen LogP contribution in [-0.4, -0.2) is 58.4 Å². The number of alkyl halides is 3. The number of methoxy groups -OCH3 is 2. The molecule has 0 atom stereocenters. The van der Waals surface area contributed by atoms with Crippen molar-refractivity contribution in [2.75, 3.05) is 32.3 Å². The summed E-state index contributed by atoms with van der Waals surface area (Å²) in [6, 6.07) is 2.16. The third kappa shape index (κ3) is 4.43. The summed E-state index contributed by atoms with van der Waals surface area (Å²) in [6.45, 7) is 2.82. The molecule has 0 bridgehead atoms. The van der Waals surface area contributed by atoms with Gasteiger partial charge in [-0.3, -0.25) is 0 Å². The third-order valence-electron chi connectivity index (χ3n) is 4.89. The van der Waals surface area contributed by atoms with Gasteiger partial charge in [0.15, 0.2) is 12.1 Å². The van der Waals surface area contributed by atoms with E-state index in [2.05, 4.69) is 20.2 Å². The summed E-state index contributed by atoms with van der Waals surface area (Å²) in [5.74, 6) is -0.138. The number of halogens is 3. The van der Waals surface area contributed by atoms with Crippen LogP contribution in [0.3, 0.4) is 0 Å². The summed E-state index contributed by atoms with van der Waals surface area (Å²) < 4.78 is 56.5. The Kier molecular flexibility index (Phi) is 5.99. The normalized spacial score (nSPS) is 14.5. The molecule has 0 N–H and O–H groups in total. The molecule has 9 nitrogen and oxygen atoms in total. The summed E-state index contributed by atoms with van der Waals surface area (Å²) in [5.41, 5.74) is 0. The van der Waals surface area contributed by atoms with Crippen molar-refractivity contribution in [2.45, 2.75) is 38.9 Å². The standard InChI is InChI=1S/C18H21F3N6O3S/c1-10-8-11-14(22-17(23-15(11)31-10)30-7-4-13(28-2)29-3)26-5-6-27-12(9-26)24-25-16(27)18(19,20)21/h8,13H,4-7,9H2,1-3H3. The minimum Gasteiger partial charge on any atom is -0.463 e. The highest BCUT2D eigenvalue weighted by Gasteiger charge is 2.39. The maximum atomic E-state index is 13.1. The molecule has 3 aromatic rings. The number of fused-ring (bicyclic) bond motifs is 2. The average molecular weight is 458 g/mol. The van der Waals surface area contributed by atoms with E-state index in [0.29, 0.717) is 18.8 Å². The van der Waals surface area contributed by atoms with E-state index >= 15 is 0 Å². The zero-order valence-electron chi connectivity index (χ0n) is 17.1. The molecule has 4 heterocycles. The predicted molar refractivity (Wildman–Crippen MR) is 106 cm³/mol. The highest BCUT2D eigenvalue weighted by atomic mass is 32.1. The minimum absolute atomic E-state index is 0.103. The Bertz CT molecular complexity index is 1070. The molecule has 0 saturated carbocycles. The van der Waals surface area contributed by atoms with Crippen LogP contribution in [0.5, 0.6) is 6.01 Å². The van der Waals surface area contributed by atoms with Crippen molar-refractivity contribution < 1.29 is 27.4 Å². The van der Waals surface area contributed by atoms with Gasteiger partial charge in [0, 0.05) is 38.6 Å². The van der Waals surface area contributed by atoms with E-state index in [1.807, 2.05) is 17.9 Å². The molecule has 0 unspecified atom stereocenters. The van der Waals surface area contributed by atoms with Gasteiger partial charge in [-0.2, -0.15) is 23.1 Å². The Morgan fingerprint density at radius 2 is 1.94 bits per heavy atom. The van der Waals surface area contributed by atoms with Gasteiger partial charge in [0.2, 0.25) is 5.82 Å². The van der Waals surface area contributed by atoms with Crippen molar-refractivity contribution in [3.8, 4) is 6.01 Å². The Labute approximate surface area is 179 Å². The van der Waals surface area contributed by atoms with Gasteiger partial charge >= 0.3 is 12.2 Å². The maximum absolute atomic E-state index is 13.1. The average Bonchev–Trinajstić information content (AvgIpc) is 3.32. The molecule has 0 fully saturated rings. The van der Waals surface area contributed by atoms with Crippen LogP contribution in [0, 0.1) is 6.92 Å². The van der Waals surface area contributed by atoms with Crippen LogP contribution < -0.4 is 9.64 Å². The molecule has 0 aromatic carbocycles. The molecule has 0 amide bonds. The minimum atomic E-state index is -4.54. The number of thiophene rings is 1. The van der Waals surface area contributed by atoms with E-state index in [1.165, 1.54) is 11.3 Å². The topological polar surface area (TPSA) is 87.4 Å². The van der Waals surface area contributed by atoms with E-state index in [-0.39, 0.29) is 31.5 Å². The van der Waals surface area contributed by atoms with E-state index in [0.717, 1.165) is 19.7 Å². The Hall–Kier alpha value is -2.51. The van der Waals surface area contributed by atoms with Crippen LogP contribution in [0.4, 0.5) is 19.0 Å². The van der Waals surface area contributed by atoms with Crippen LogP contribution in [0.2, 0.25) is 0 Å². The maximum Gasteiger partial charge on any atom is 0.451 e. The molecule has 0 aliphatic carbocycles. The number of aryl methyl sites for hydroxylation is 1. The second kappa shape index (κ2) is 8.55. The number of hydrogen-bond acceptors (Lipinski definition) is 9. The summed E-state index contributed by atoms with van der Waals surface area (Å²) in [7, 11) is 3.09. The first-order valence-corrected chi connectivity index (χ1v) is 10.3. The van der Waals surface area contributed by atoms with Gasteiger partial charge in [-0.1, -0.05) is 0 Å². The molecule has 0 saturated heterocycles. The lowest BCUT2D eigenvalue weighted by molar-refractivity contribution is -0.147. The molecule has 3 aromatic heterocycles. The van der Waals surface area contributed by atoms with Crippen molar-refractivity contribution in [3.05, 3.63) is 22.6 Å². The van der Waals surface area contributed by atoms with Gasteiger partial charge in [0.25, 0.3) is 0 Å². The van der Waals surface area contributed by atoms with Crippen molar-refractivity contribution >= 4 is 27.4 Å². The molecular weight excluding hydrogens is 437 g/mol. The molecule has 13 heteroatoms. The predicted octanol–water partition coefficient (Wildman–Crippen LogP) is 3.02. The van der Waals surface area contributed by atoms with Gasteiger partial charge in [-0.05, 0) is 13.0 Å². The van der Waals surface area contributed by atoms with E-state index < -0.39 is 18.3 Å². The number of rotatable bonds is 7. The fourth-order valence-corrected chi connectivity index (χ4v) is 4.31. The number of aromatic nitrogens is 5. The lowest BCUT2D eigenvalue weighted by atomic mass is 10.3. The zero-order valence-corrected chi connectivity index (χ0v) is 18.0. The number of anilines is 1. The summed E-state index contributed by atoms with van der Waals surface area (Å²) in [5, 5.41) is 7.91. The van der Waals surface area contributed by atoms with Gasteiger partial charge in [0.05, 0.1) is 18.5 Å². The SMILES string of the molecule is COC(CCOc1nc(N2CCn3c(nnc3C(F)(F)F)C2)c2cc(C)sc2n1)OC. The first kappa shape index (κ1) is 21.7. The summed E-state index contributed by atoms with van der Waals surface area (Å²) >= 11 is 1.50. The number of ether oxygens (including phenoxy) is 3. The highest BCUT2D eigenvalue weighted by molar-refractivity contribution is 7.18. The Morgan fingerprint density at radius 1 is 1.16 bits per heavy atom. The fourth-order valence-electron chi connectivity index (χ4n) is 3.44. The monoisotopic (exact) mass is 458 g/mol. The summed E-state index contributed by atoms with van der Waals surface area (Å²) in [4.78, 5) is 12.7. The van der Waals surface area contributed by atoms with Gasteiger partial charge in [-0.15, -0.1) is 21.5 Å². The first-order chi connectivity index (χ1) is 14.8. The molecular formula is C18H21F3N6O3S. The molecule has 168 valence electrons. The lowest BCUT2D eigenvalue weighted by Gasteiger charge is -2.29. The van der Waals surface area contributed by atoms with Gasteiger partial charge in [-0.25, -0.2) is 0 Å². The fraction of sp³-hybridized carbons (Fsp3) is 0.556. The second-order valence-electron chi connectivity index (χ2n) is 6.95. The number of nitrogens with zero attached hydrogens (tertiary/aromatic N) is 6. The molecule has 0 radical (unpaired) electrons. The second-order valence-corrected chi connectivity index (χ2v) is 8.19. The van der Waals surface area contributed by atoms with Crippen molar-refractivity contribution in [1.82, 2.24) is 24.7 Å². The first-order valence-electron chi connectivity index (χ1n) is 9.51. The van der Waals surface area contributed by atoms with Crippen LogP contribution in [-0.2, 0) is 28.7 Å². The van der Waals surface area contributed by atoms with E-state index in [4.69, 9.17) is 14.2 Å². The van der Waals surface area contributed by atoms with Crippen LogP contribution in [0.1, 0.15) is 22.9 Å². The Morgan fingerprint density at radius 3 is 2.65 bits per heavy atom. The summed E-state index contributed by atoms with van der Waals surface area (Å²) in [6.07, 6.45) is -4.45. The van der Waals surface area contributed by atoms with Gasteiger partial charge in [0.1, 0.15) is 10.6 Å². The molecule has 0 spiro atoms. The van der Waals surface area contributed by atoms with Crippen LogP contribution in [0.25, 0.3) is 10.2 Å². The molecule has 1 aliphatic rings.